The highest BCUT2D eigenvalue weighted by Gasteiger charge is 2.13. The first kappa shape index (κ1) is 16.9. The summed E-state index contributed by atoms with van der Waals surface area (Å²) in [7, 11) is 0. The monoisotopic (exact) mass is 296 g/mol. The second-order valence-electron chi connectivity index (χ2n) is 4.99. The third-order valence-electron chi connectivity index (χ3n) is 3.42. The lowest BCUT2D eigenvalue weighted by atomic mass is 9.96. The van der Waals surface area contributed by atoms with Crippen molar-refractivity contribution in [2.45, 2.75) is 32.6 Å². The van der Waals surface area contributed by atoms with Gasteiger partial charge in [-0.2, -0.15) is 0 Å². The van der Waals surface area contributed by atoms with Crippen LogP contribution in [0.25, 0.3) is 0 Å². The van der Waals surface area contributed by atoms with Crippen molar-refractivity contribution >= 4 is 17.6 Å². The Hall–Kier alpha value is -2.11. The first-order chi connectivity index (χ1) is 9.93. The second-order valence-corrected chi connectivity index (χ2v) is 4.99. The van der Waals surface area contributed by atoms with Crippen molar-refractivity contribution in [1.82, 2.24) is 5.32 Å². The van der Waals surface area contributed by atoms with Crippen LogP contribution in [0.4, 0.5) is 10.1 Å². The summed E-state index contributed by atoms with van der Waals surface area (Å²) < 4.78 is 13.6. The van der Waals surface area contributed by atoms with Crippen LogP contribution in [0.2, 0.25) is 0 Å². The van der Waals surface area contributed by atoms with Gasteiger partial charge in [-0.25, -0.2) is 4.39 Å². The molecule has 0 heterocycles. The lowest BCUT2D eigenvalue weighted by Crippen LogP contribution is -2.27. The second kappa shape index (κ2) is 8.24. The highest BCUT2D eigenvalue weighted by molar-refractivity contribution is 5.94. The number of benzene rings is 1. The van der Waals surface area contributed by atoms with Gasteiger partial charge in [0.15, 0.2) is 0 Å². The number of nitrogens with one attached hydrogen (secondary N) is 1. The normalized spacial score (nSPS) is 11.9. The molecule has 0 fully saturated rings. The molecule has 0 saturated carbocycles. The van der Waals surface area contributed by atoms with Crippen LogP contribution >= 0.6 is 0 Å². The number of carbonyl (C=O) groups is 2. The van der Waals surface area contributed by atoms with Crippen LogP contribution in [0.1, 0.15) is 43.0 Å². The van der Waals surface area contributed by atoms with E-state index in [1.165, 1.54) is 12.1 Å². The largest absolute Gasteiger partial charge is 0.481 e. The van der Waals surface area contributed by atoms with Crippen LogP contribution in [0.5, 0.6) is 0 Å². The zero-order chi connectivity index (χ0) is 15.8. The number of carboxylic acid groups (broad SMARTS) is 1. The summed E-state index contributed by atoms with van der Waals surface area (Å²) in [5.41, 5.74) is 5.65. The van der Waals surface area contributed by atoms with Gasteiger partial charge < -0.3 is 16.2 Å². The van der Waals surface area contributed by atoms with Crippen LogP contribution in [0.15, 0.2) is 18.2 Å². The third kappa shape index (κ3) is 5.81. The highest BCUT2D eigenvalue weighted by Crippen LogP contribution is 2.15. The number of nitrogens with two attached hydrogens (primary N) is 1. The van der Waals surface area contributed by atoms with Crippen LogP contribution in [-0.2, 0) is 4.79 Å². The molecule has 21 heavy (non-hydrogen) atoms. The molecule has 0 saturated heterocycles. The molecule has 1 aromatic carbocycles. The molecule has 6 heteroatoms. The van der Waals surface area contributed by atoms with Gasteiger partial charge in [0.1, 0.15) is 5.82 Å². The Kier molecular flexibility index (Phi) is 6.65. The van der Waals surface area contributed by atoms with Gasteiger partial charge in [-0.05, 0) is 37.0 Å². The van der Waals surface area contributed by atoms with E-state index in [9.17, 15) is 14.0 Å². The predicted octanol–water partition coefficient (Wildman–Crippen LogP) is 2.42. The maximum Gasteiger partial charge on any atom is 0.303 e. The summed E-state index contributed by atoms with van der Waals surface area (Å²) in [5, 5.41) is 11.3. The Morgan fingerprint density at radius 3 is 2.67 bits per heavy atom. The topological polar surface area (TPSA) is 92.4 Å². The van der Waals surface area contributed by atoms with E-state index in [2.05, 4.69) is 5.32 Å². The molecule has 1 aromatic rings. The number of halogens is 1. The van der Waals surface area contributed by atoms with Crippen LogP contribution < -0.4 is 11.1 Å². The Morgan fingerprint density at radius 1 is 1.38 bits per heavy atom. The molecule has 1 atom stereocenters. The molecule has 1 rings (SSSR count). The van der Waals surface area contributed by atoms with Crippen molar-refractivity contribution in [3.8, 4) is 0 Å². The van der Waals surface area contributed by atoms with Gasteiger partial charge in [0, 0.05) is 18.7 Å². The van der Waals surface area contributed by atoms with Crippen molar-refractivity contribution in [3.63, 3.8) is 0 Å². The third-order valence-corrected chi connectivity index (χ3v) is 3.42. The van der Waals surface area contributed by atoms with E-state index in [-0.39, 0.29) is 23.6 Å². The number of carboxylic acids is 1. The fraction of sp³-hybridized carbons (Fsp3) is 0.467. The van der Waals surface area contributed by atoms with Gasteiger partial charge in [-0.3, -0.25) is 9.59 Å². The molecular formula is C15H21FN2O3. The molecule has 0 aliphatic heterocycles. The summed E-state index contributed by atoms with van der Waals surface area (Å²) in [6.45, 7) is 2.37. The summed E-state index contributed by atoms with van der Waals surface area (Å²) in [5.74, 6) is -1.72. The van der Waals surface area contributed by atoms with Gasteiger partial charge in [0.05, 0.1) is 5.56 Å². The fourth-order valence-corrected chi connectivity index (χ4v) is 2.08. The standard InChI is InChI=1S/C15H21FN2O3/c1-2-10(3-6-14(19)20)7-8-18-15(21)12-5-4-11(17)9-13(12)16/h4-5,9-10H,2-3,6-8,17H2,1H3,(H,18,21)(H,19,20). The Labute approximate surface area is 123 Å². The van der Waals surface area contributed by atoms with E-state index in [0.29, 0.717) is 19.4 Å². The minimum Gasteiger partial charge on any atom is -0.481 e. The minimum absolute atomic E-state index is 0.0391. The van der Waals surface area contributed by atoms with Crippen LogP contribution in [-0.4, -0.2) is 23.5 Å². The lowest BCUT2D eigenvalue weighted by Gasteiger charge is -2.14. The summed E-state index contributed by atoms with van der Waals surface area (Å²) in [4.78, 5) is 22.4. The molecule has 116 valence electrons. The van der Waals surface area contributed by atoms with E-state index >= 15 is 0 Å². The number of anilines is 1. The molecular weight excluding hydrogens is 275 g/mol. The molecule has 4 N–H and O–H groups in total. The SMILES string of the molecule is CCC(CCNC(=O)c1ccc(N)cc1F)CCC(=O)O. The van der Waals surface area contributed by atoms with Gasteiger partial charge in [-0.1, -0.05) is 13.3 Å². The number of hydrogen-bond donors (Lipinski definition) is 3. The van der Waals surface area contributed by atoms with Gasteiger partial charge in [0.25, 0.3) is 5.91 Å². The average Bonchev–Trinajstić information content (AvgIpc) is 2.42. The maximum absolute atomic E-state index is 13.6. The summed E-state index contributed by atoms with van der Waals surface area (Å²) in [6, 6.07) is 3.93. The number of nitrogen functional groups attached to an aromatic ring is 1. The number of amides is 1. The highest BCUT2D eigenvalue weighted by atomic mass is 19.1. The minimum atomic E-state index is -0.818. The Balaban J connectivity index is 2.43. The van der Waals surface area contributed by atoms with E-state index in [0.717, 1.165) is 12.5 Å². The number of aliphatic carboxylic acids is 1. The fourth-order valence-electron chi connectivity index (χ4n) is 2.08. The smallest absolute Gasteiger partial charge is 0.303 e. The Bertz CT molecular complexity index is 506. The van der Waals surface area contributed by atoms with Gasteiger partial charge >= 0.3 is 5.97 Å². The van der Waals surface area contributed by atoms with Crippen molar-refractivity contribution in [2.75, 3.05) is 12.3 Å². The average molecular weight is 296 g/mol. The molecule has 1 amide bonds. The molecule has 0 spiro atoms. The zero-order valence-corrected chi connectivity index (χ0v) is 12.1. The van der Waals surface area contributed by atoms with Crippen molar-refractivity contribution in [3.05, 3.63) is 29.6 Å². The Morgan fingerprint density at radius 2 is 2.10 bits per heavy atom. The quantitative estimate of drug-likeness (QED) is 0.642. The molecule has 0 aromatic heterocycles. The molecule has 1 unspecified atom stereocenters. The van der Waals surface area contributed by atoms with Crippen LogP contribution in [0, 0.1) is 11.7 Å². The summed E-state index contributed by atoms with van der Waals surface area (Å²) in [6.07, 6.45) is 2.22. The van der Waals surface area contributed by atoms with Gasteiger partial charge in [-0.15, -0.1) is 0 Å². The zero-order valence-electron chi connectivity index (χ0n) is 12.1. The van der Waals surface area contributed by atoms with E-state index < -0.39 is 17.7 Å². The van der Waals surface area contributed by atoms with Crippen molar-refractivity contribution < 1.29 is 19.1 Å². The van der Waals surface area contributed by atoms with Crippen LogP contribution in [0.3, 0.4) is 0 Å². The molecule has 0 aliphatic rings. The molecule has 5 nitrogen and oxygen atoms in total. The van der Waals surface area contributed by atoms with E-state index in [1.54, 1.807) is 0 Å². The maximum atomic E-state index is 13.6. The number of hydrogen-bond acceptors (Lipinski definition) is 3. The number of carbonyl (C=O) groups excluding carboxylic acids is 1. The first-order valence-electron chi connectivity index (χ1n) is 6.99. The summed E-state index contributed by atoms with van der Waals surface area (Å²) >= 11 is 0. The molecule has 0 radical (unpaired) electrons. The molecule has 0 bridgehead atoms. The lowest BCUT2D eigenvalue weighted by molar-refractivity contribution is -0.137. The number of rotatable bonds is 8. The van der Waals surface area contributed by atoms with Gasteiger partial charge in [0.2, 0.25) is 0 Å². The van der Waals surface area contributed by atoms with Crippen molar-refractivity contribution in [2.24, 2.45) is 5.92 Å². The van der Waals surface area contributed by atoms with Crippen molar-refractivity contribution in [1.29, 1.82) is 0 Å². The van der Waals surface area contributed by atoms with E-state index in [1.807, 2.05) is 6.92 Å². The first-order valence-corrected chi connectivity index (χ1v) is 6.99. The predicted molar refractivity (Wildman–Crippen MR) is 78.4 cm³/mol. The van der Waals surface area contributed by atoms with E-state index in [4.69, 9.17) is 10.8 Å². The molecule has 0 aliphatic carbocycles.